The van der Waals surface area contributed by atoms with Crippen LogP contribution in [0.25, 0.3) is 0 Å². The highest BCUT2D eigenvalue weighted by molar-refractivity contribution is 5.68. The molecule has 2 aromatic rings. The molecule has 0 aliphatic carbocycles. The second kappa shape index (κ2) is 6.66. The van der Waals surface area contributed by atoms with Crippen LogP contribution in [-0.2, 0) is 11.8 Å². The minimum absolute atomic E-state index is 0.321. The maximum Gasteiger partial charge on any atom is 0.573 e. The number of aliphatic carboxylic acids is 1. The predicted octanol–water partition coefficient (Wildman–Crippen LogP) is 2.67. The molecule has 0 amide bonds. The van der Waals surface area contributed by atoms with Gasteiger partial charge in [-0.3, -0.25) is 4.79 Å². The molecule has 1 aromatic carbocycles. The minimum Gasteiger partial charge on any atom is -0.481 e. The van der Waals surface area contributed by atoms with Crippen LogP contribution in [0, 0.1) is 13.8 Å². The average molecular weight is 359 g/mol. The summed E-state index contributed by atoms with van der Waals surface area (Å²) in [4.78, 5) is 11.3. The molecule has 2 N–H and O–H groups in total. The highest BCUT2D eigenvalue weighted by Gasteiger charge is 2.35. The van der Waals surface area contributed by atoms with Crippen LogP contribution in [0.4, 0.5) is 13.2 Å². The summed E-state index contributed by atoms with van der Waals surface area (Å²) in [5, 5.41) is 19.5. The van der Waals surface area contributed by atoms with Crippen LogP contribution in [0.2, 0.25) is 0 Å². The number of halogens is 3. The summed E-state index contributed by atoms with van der Waals surface area (Å²) in [5.74, 6) is -1.93. The number of hydrogen-bond acceptors (Lipinski definition) is 3. The maximum absolute atomic E-state index is 12.3. The second-order valence-electron chi connectivity index (χ2n) is 5.67. The van der Waals surface area contributed by atoms with E-state index in [4.69, 9.17) is 0 Å². The monoisotopic (exact) mass is 359 g/mol. The molecule has 0 radical (unpaired) electrons. The molecule has 1 heterocycles. The number of carboxylic acids is 1. The normalized spacial score (nSPS) is 12.9. The van der Waals surface area contributed by atoms with Crippen LogP contribution in [0.5, 0.6) is 5.75 Å². The van der Waals surface area contributed by atoms with Crippen molar-refractivity contribution in [1.29, 1.82) is 0 Å². The first-order valence-corrected chi connectivity index (χ1v) is 7.36. The number of carbonyl (C=O) groups is 1. The lowest BCUT2D eigenvalue weighted by molar-refractivity contribution is -0.686. The fourth-order valence-electron chi connectivity index (χ4n) is 2.70. The van der Waals surface area contributed by atoms with Gasteiger partial charge in [-0.1, -0.05) is 12.1 Å². The largest absolute Gasteiger partial charge is 0.573 e. The van der Waals surface area contributed by atoms with Gasteiger partial charge in [0.2, 0.25) is 0 Å². The van der Waals surface area contributed by atoms with Gasteiger partial charge in [-0.15, -0.1) is 13.2 Å². The van der Waals surface area contributed by atoms with Crippen LogP contribution >= 0.6 is 0 Å². The fraction of sp³-hybridized carbons (Fsp3) is 0.375. The molecule has 0 saturated carbocycles. The van der Waals surface area contributed by atoms with Crippen molar-refractivity contribution in [1.82, 2.24) is 4.73 Å². The van der Waals surface area contributed by atoms with Crippen molar-refractivity contribution in [3.63, 3.8) is 0 Å². The Morgan fingerprint density at radius 3 is 2.24 bits per heavy atom. The standard InChI is InChI=1S/C16H17F3N2O4/c1-9-10(2)21(24)15(20(9)3)13(8-14(22)23)11-4-6-12(7-5-11)25-16(17,18)19/h4-7,13H,8H2,1-3H3,(H-,22,23,24)/p+1/t13-/m0/s1. The Kier molecular flexibility index (Phi) is 4.96. The third-order valence-corrected chi connectivity index (χ3v) is 4.11. The zero-order valence-corrected chi connectivity index (χ0v) is 13.8. The number of ether oxygens (including phenoxy) is 1. The van der Waals surface area contributed by atoms with E-state index in [1.54, 1.807) is 25.5 Å². The quantitative estimate of drug-likeness (QED) is 0.636. The molecule has 0 fully saturated rings. The van der Waals surface area contributed by atoms with Crippen molar-refractivity contribution in [3.8, 4) is 5.75 Å². The van der Waals surface area contributed by atoms with E-state index >= 15 is 0 Å². The highest BCUT2D eigenvalue weighted by Crippen LogP contribution is 2.30. The molecule has 0 bridgehead atoms. The van der Waals surface area contributed by atoms with E-state index in [2.05, 4.69) is 4.74 Å². The zero-order valence-electron chi connectivity index (χ0n) is 13.8. The molecule has 0 saturated heterocycles. The smallest absolute Gasteiger partial charge is 0.481 e. The molecule has 0 spiro atoms. The van der Waals surface area contributed by atoms with Crippen molar-refractivity contribution in [3.05, 3.63) is 47.0 Å². The van der Waals surface area contributed by atoms with Crippen molar-refractivity contribution in [2.45, 2.75) is 32.5 Å². The van der Waals surface area contributed by atoms with Gasteiger partial charge in [0.05, 0.1) is 19.4 Å². The lowest BCUT2D eigenvalue weighted by atomic mass is 9.94. The SMILES string of the molecule is Cc1c(C)[n+](C)c([C@@H](CC(=O)O)c2ccc(OC(F)(F)F)cc2)n1O. The van der Waals surface area contributed by atoms with Crippen LogP contribution in [-0.4, -0.2) is 27.4 Å². The number of carboxylic acid groups (broad SMARTS) is 1. The highest BCUT2D eigenvalue weighted by atomic mass is 19.4. The molecule has 25 heavy (non-hydrogen) atoms. The number of hydrogen-bond donors (Lipinski definition) is 2. The third kappa shape index (κ3) is 4.04. The van der Waals surface area contributed by atoms with Gasteiger partial charge in [-0.05, 0) is 22.4 Å². The summed E-state index contributed by atoms with van der Waals surface area (Å²) >= 11 is 0. The number of nitrogens with zero attached hydrogens (tertiary/aromatic N) is 2. The average Bonchev–Trinajstić information content (AvgIpc) is 2.68. The van der Waals surface area contributed by atoms with E-state index in [9.17, 15) is 28.3 Å². The molecular weight excluding hydrogens is 341 g/mol. The lowest BCUT2D eigenvalue weighted by Crippen LogP contribution is -2.37. The molecule has 136 valence electrons. The Bertz CT molecular complexity index is 757. The molecule has 2 rings (SSSR count). The topological polar surface area (TPSA) is 75.6 Å². The summed E-state index contributed by atoms with van der Waals surface area (Å²) < 4.78 is 43.1. The molecule has 0 aliphatic rings. The molecule has 1 aromatic heterocycles. The van der Waals surface area contributed by atoms with Crippen LogP contribution in [0.15, 0.2) is 24.3 Å². The van der Waals surface area contributed by atoms with Gasteiger partial charge in [0.25, 0.3) is 0 Å². The van der Waals surface area contributed by atoms with Crippen LogP contribution in [0.1, 0.15) is 35.1 Å². The fourth-order valence-corrected chi connectivity index (χ4v) is 2.70. The van der Waals surface area contributed by atoms with Gasteiger partial charge in [0.1, 0.15) is 11.4 Å². The van der Waals surface area contributed by atoms with Gasteiger partial charge >= 0.3 is 18.2 Å². The van der Waals surface area contributed by atoms with Crippen molar-refractivity contribution in [2.75, 3.05) is 0 Å². The number of imidazole rings is 1. The summed E-state index contributed by atoms with van der Waals surface area (Å²) in [6.45, 7) is 3.45. The van der Waals surface area contributed by atoms with Gasteiger partial charge in [0, 0.05) is 13.8 Å². The number of benzene rings is 1. The number of alkyl halides is 3. The summed E-state index contributed by atoms with van der Waals surface area (Å²) in [6.07, 6.45) is -5.14. The summed E-state index contributed by atoms with van der Waals surface area (Å²) in [5.41, 5.74) is 1.73. The number of rotatable bonds is 5. The van der Waals surface area contributed by atoms with Gasteiger partial charge in [-0.25, -0.2) is 4.57 Å². The molecule has 1 atom stereocenters. The second-order valence-corrected chi connectivity index (χ2v) is 5.67. The van der Waals surface area contributed by atoms with Crippen LogP contribution < -0.4 is 9.30 Å². The Hall–Kier alpha value is -2.71. The molecular formula is C16H18F3N2O4+. The molecule has 0 aliphatic heterocycles. The summed E-state index contributed by atoms with van der Waals surface area (Å²) in [7, 11) is 1.68. The first kappa shape index (κ1) is 18.6. The van der Waals surface area contributed by atoms with Gasteiger partial charge in [0.15, 0.2) is 5.69 Å². The third-order valence-electron chi connectivity index (χ3n) is 4.11. The molecule has 6 nitrogen and oxygen atoms in total. The minimum atomic E-state index is -4.80. The molecule has 0 unspecified atom stereocenters. The van der Waals surface area contributed by atoms with Crippen molar-refractivity contribution < 1.29 is 37.6 Å². The Balaban J connectivity index is 2.46. The molecule has 9 heteroatoms. The van der Waals surface area contributed by atoms with E-state index in [0.29, 0.717) is 17.1 Å². The Morgan fingerprint density at radius 1 is 1.28 bits per heavy atom. The lowest BCUT2D eigenvalue weighted by Gasteiger charge is -2.14. The van der Waals surface area contributed by atoms with E-state index in [1.807, 2.05) is 0 Å². The van der Waals surface area contributed by atoms with Crippen molar-refractivity contribution >= 4 is 5.97 Å². The van der Waals surface area contributed by atoms with Crippen molar-refractivity contribution in [2.24, 2.45) is 7.05 Å². The van der Waals surface area contributed by atoms with E-state index < -0.39 is 24.0 Å². The Morgan fingerprint density at radius 2 is 1.84 bits per heavy atom. The van der Waals surface area contributed by atoms with E-state index in [1.165, 1.54) is 12.1 Å². The zero-order chi connectivity index (χ0) is 18.9. The predicted molar refractivity (Wildman–Crippen MR) is 79.5 cm³/mol. The van der Waals surface area contributed by atoms with Crippen LogP contribution in [0.3, 0.4) is 0 Å². The van der Waals surface area contributed by atoms with Gasteiger partial charge in [-0.2, -0.15) is 0 Å². The first-order chi connectivity index (χ1) is 11.5. The van der Waals surface area contributed by atoms with Gasteiger partial charge < -0.3 is 15.1 Å². The van der Waals surface area contributed by atoms with E-state index in [-0.39, 0.29) is 6.42 Å². The maximum atomic E-state index is 12.3. The number of aromatic nitrogens is 2. The Labute approximate surface area is 141 Å². The van der Waals surface area contributed by atoms with E-state index in [0.717, 1.165) is 22.6 Å². The summed E-state index contributed by atoms with van der Waals surface area (Å²) in [6, 6.07) is 4.93. The first-order valence-electron chi connectivity index (χ1n) is 7.36.